The first-order chi connectivity index (χ1) is 8.84. The van der Waals surface area contributed by atoms with Crippen molar-refractivity contribution in [1.29, 1.82) is 0 Å². The van der Waals surface area contributed by atoms with Crippen molar-refractivity contribution in [2.45, 2.75) is 51.9 Å². The zero-order valence-electron chi connectivity index (χ0n) is 12.1. The van der Waals surface area contributed by atoms with Crippen molar-refractivity contribution in [3.8, 4) is 0 Å². The number of nitrogens with zero attached hydrogens (tertiary/aromatic N) is 1. The molecule has 3 aliphatic rings. The molecule has 0 aromatic carbocycles. The van der Waals surface area contributed by atoms with Crippen LogP contribution in [0.3, 0.4) is 0 Å². The van der Waals surface area contributed by atoms with Gasteiger partial charge in [0, 0.05) is 0 Å². The summed E-state index contributed by atoms with van der Waals surface area (Å²) >= 11 is 0. The monoisotopic (exact) mass is 250 g/mol. The van der Waals surface area contributed by atoms with Crippen molar-refractivity contribution in [1.82, 2.24) is 10.2 Å². The molecule has 3 fully saturated rings. The molecule has 2 heterocycles. The Morgan fingerprint density at radius 1 is 1.11 bits per heavy atom. The molecule has 0 aromatic heterocycles. The van der Waals surface area contributed by atoms with Crippen LogP contribution in [0.2, 0.25) is 0 Å². The number of rotatable bonds is 2. The third-order valence-corrected chi connectivity index (χ3v) is 6.22. The van der Waals surface area contributed by atoms with Crippen LogP contribution in [-0.4, -0.2) is 37.6 Å². The molecule has 1 atom stereocenters. The maximum absolute atomic E-state index is 3.69. The number of piperidine rings is 2. The molecule has 2 aliphatic heterocycles. The Bertz CT molecular complexity index is 262. The van der Waals surface area contributed by atoms with Crippen LogP contribution in [0, 0.1) is 17.3 Å². The molecule has 1 aliphatic carbocycles. The van der Waals surface area contributed by atoms with Crippen LogP contribution < -0.4 is 5.32 Å². The van der Waals surface area contributed by atoms with Crippen molar-refractivity contribution in [3.63, 3.8) is 0 Å². The van der Waals surface area contributed by atoms with Gasteiger partial charge in [0.15, 0.2) is 0 Å². The SMILES string of the molecule is CCN1CCC2(CCNCC2C2CCCC2)CC1. The van der Waals surface area contributed by atoms with Gasteiger partial charge >= 0.3 is 0 Å². The Morgan fingerprint density at radius 3 is 2.50 bits per heavy atom. The standard InChI is InChI=1S/C16H30N2/c1-2-18-11-8-16(9-12-18)7-10-17-13-15(16)14-5-3-4-6-14/h14-15,17H,2-13H2,1H3. The fourth-order valence-electron chi connectivity index (χ4n) is 4.96. The zero-order valence-corrected chi connectivity index (χ0v) is 12.1. The molecule has 0 bridgehead atoms. The molecule has 0 amide bonds. The third-order valence-electron chi connectivity index (χ3n) is 6.22. The van der Waals surface area contributed by atoms with E-state index in [1.54, 1.807) is 0 Å². The largest absolute Gasteiger partial charge is 0.316 e. The first-order valence-corrected chi connectivity index (χ1v) is 8.27. The van der Waals surface area contributed by atoms with E-state index >= 15 is 0 Å². The Balaban J connectivity index is 1.70. The van der Waals surface area contributed by atoms with Gasteiger partial charge in [-0.25, -0.2) is 0 Å². The van der Waals surface area contributed by atoms with E-state index in [0.717, 1.165) is 11.8 Å². The molecule has 0 aromatic rings. The highest BCUT2D eigenvalue weighted by molar-refractivity contribution is 4.98. The number of hydrogen-bond donors (Lipinski definition) is 1. The molecule has 1 spiro atoms. The molecular formula is C16H30N2. The maximum Gasteiger partial charge on any atom is -0.00125 e. The second-order valence-electron chi connectivity index (χ2n) is 6.90. The number of hydrogen-bond acceptors (Lipinski definition) is 2. The molecule has 1 N–H and O–H groups in total. The van der Waals surface area contributed by atoms with E-state index in [9.17, 15) is 0 Å². The lowest BCUT2D eigenvalue weighted by Crippen LogP contribution is -2.53. The second kappa shape index (κ2) is 5.50. The van der Waals surface area contributed by atoms with Gasteiger partial charge in [-0.1, -0.05) is 32.6 Å². The minimum atomic E-state index is 0.714. The lowest BCUT2D eigenvalue weighted by molar-refractivity contribution is -0.00336. The fraction of sp³-hybridized carbons (Fsp3) is 1.00. The quantitative estimate of drug-likeness (QED) is 0.810. The van der Waals surface area contributed by atoms with Gasteiger partial charge in [-0.15, -0.1) is 0 Å². The first kappa shape index (κ1) is 12.9. The molecule has 0 radical (unpaired) electrons. The molecule has 1 saturated carbocycles. The average Bonchev–Trinajstić information content (AvgIpc) is 2.94. The summed E-state index contributed by atoms with van der Waals surface area (Å²) in [5.41, 5.74) is 0.714. The van der Waals surface area contributed by atoms with Crippen LogP contribution in [0.25, 0.3) is 0 Å². The van der Waals surface area contributed by atoms with Gasteiger partial charge in [0.2, 0.25) is 0 Å². The summed E-state index contributed by atoms with van der Waals surface area (Å²) in [4.78, 5) is 2.65. The van der Waals surface area contributed by atoms with Crippen LogP contribution >= 0.6 is 0 Å². The topological polar surface area (TPSA) is 15.3 Å². The van der Waals surface area contributed by atoms with Crippen LogP contribution in [0.4, 0.5) is 0 Å². The summed E-state index contributed by atoms with van der Waals surface area (Å²) in [6.07, 6.45) is 10.4. The van der Waals surface area contributed by atoms with Crippen molar-refractivity contribution in [2.24, 2.45) is 17.3 Å². The Kier molecular flexibility index (Phi) is 3.95. The van der Waals surface area contributed by atoms with Gasteiger partial charge in [-0.3, -0.25) is 0 Å². The summed E-state index contributed by atoms with van der Waals surface area (Å²) < 4.78 is 0. The lowest BCUT2D eigenvalue weighted by Gasteiger charge is -2.51. The summed E-state index contributed by atoms with van der Waals surface area (Å²) in [5, 5.41) is 3.69. The van der Waals surface area contributed by atoms with E-state index < -0.39 is 0 Å². The van der Waals surface area contributed by atoms with Crippen molar-refractivity contribution in [2.75, 3.05) is 32.7 Å². The van der Waals surface area contributed by atoms with Gasteiger partial charge in [0.1, 0.15) is 0 Å². The molecule has 2 saturated heterocycles. The molecule has 2 nitrogen and oxygen atoms in total. The van der Waals surface area contributed by atoms with E-state index in [2.05, 4.69) is 17.1 Å². The third kappa shape index (κ3) is 2.34. The van der Waals surface area contributed by atoms with E-state index in [0.29, 0.717) is 5.41 Å². The molecule has 3 rings (SSSR count). The molecular weight excluding hydrogens is 220 g/mol. The molecule has 104 valence electrons. The van der Waals surface area contributed by atoms with Crippen LogP contribution in [0.5, 0.6) is 0 Å². The van der Waals surface area contributed by atoms with E-state index in [1.165, 1.54) is 77.7 Å². The molecule has 18 heavy (non-hydrogen) atoms. The van der Waals surface area contributed by atoms with Crippen LogP contribution in [-0.2, 0) is 0 Å². The van der Waals surface area contributed by atoms with E-state index in [1.807, 2.05) is 0 Å². The normalized spacial score (nSPS) is 34.2. The van der Waals surface area contributed by atoms with Gasteiger partial charge in [0.05, 0.1) is 0 Å². The Labute approximate surface area is 113 Å². The van der Waals surface area contributed by atoms with E-state index in [-0.39, 0.29) is 0 Å². The average molecular weight is 250 g/mol. The maximum atomic E-state index is 3.69. The van der Waals surface area contributed by atoms with Gasteiger partial charge < -0.3 is 10.2 Å². The highest BCUT2D eigenvalue weighted by Gasteiger charge is 2.45. The lowest BCUT2D eigenvalue weighted by atomic mass is 9.60. The summed E-state index contributed by atoms with van der Waals surface area (Å²) in [5.74, 6) is 2.04. The van der Waals surface area contributed by atoms with Crippen molar-refractivity contribution < 1.29 is 0 Å². The summed E-state index contributed by atoms with van der Waals surface area (Å²) in [6.45, 7) is 8.88. The van der Waals surface area contributed by atoms with E-state index in [4.69, 9.17) is 0 Å². The molecule has 1 unspecified atom stereocenters. The van der Waals surface area contributed by atoms with Crippen molar-refractivity contribution >= 4 is 0 Å². The zero-order chi connectivity index (χ0) is 12.4. The van der Waals surface area contributed by atoms with Crippen molar-refractivity contribution in [3.05, 3.63) is 0 Å². The second-order valence-corrected chi connectivity index (χ2v) is 6.90. The highest BCUT2D eigenvalue weighted by Crippen LogP contribution is 2.50. The predicted octanol–water partition coefficient (Wildman–Crippen LogP) is 2.89. The fourth-order valence-corrected chi connectivity index (χ4v) is 4.96. The summed E-state index contributed by atoms with van der Waals surface area (Å²) in [7, 11) is 0. The first-order valence-electron chi connectivity index (χ1n) is 8.27. The van der Waals surface area contributed by atoms with Gasteiger partial charge in [-0.05, 0) is 69.2 Å². The van der Waals surface area contributed by atoms with Gasteiger partial charge in [-0.2, -0.15) is 0 Å². The molecule has 2 heteroatoms. The van der Waals surface area contributed by atoms with Crippen LogP contribution in [0.1, 0.15) is 51.9 Å². The number of nitrogens with one attached hydrogen (secondary N) is 1. The Morgan fingerprint density at radius 2 is 1.83 bits per heavy atom. The van der Waals surface area contributed by atoms with Crippen LogP contribution in [0.15, 0.2) is 0 Å². The highest BCUT2D eigenvalue weighted by atomic mass is 15.1. The van der Waals surface area contributed by atoms with Gasteiger partial charge in [0.25, 0.3) is 0 Å². The smallest absolute Gasteiger partial charge is 0.00125 e. The minimum Gasteiger partial charge on any atom is -0.316 e. The predicted molar refractivity (Wildman–Crippen MR) is 76.7 cm³/mol. The Hall–Kier alpha value is -0.0800. The number of likely N-dealkylation sites (tertiary alicyclic amines) is 1. The minimum absolute atomic E-state index is 0.714. The summed E-state index contributed by atoms with van der Waals surface area (Å²) in [6, 6.07) is 0.